The number of carbonyl (C=O) groups excluding carboxylic acids is 1. The van der Waals surface area contributed by atoms with Crippen molar-refractivity contribution in [3.63, 3.8) is 0 Å². The molecular weight excluding hydrogens is 380 g/mol. The third-order valence-corrected chi connectivity index (χ3v) is 7.10. The Balaban J connectivity index is 1.71. The number of allylic oxidation sites excluding steroid dienone is 2. The number of likely N-dealkylation sites (N-methyl/N-ethyl adjacent to an activating group) is 1. The van der Waals surface area contributed by atoms with Crippen LogP contribution in [0.3, 0.4) is 0 Å². The van der Waals surface area contributed by atoms with Gasteiger partial charge >= 0.3 is 0 Å². The van der Waals surface area contributed by atoms with E-state index in [1.165, 1.54) is 33.1 Å². The van der Waals surface area contributed by atoms with E-state index in [0.29, 0.717) is 15.8 Å². The van der Waals surface area contributed by atoms with Gasteiger partial charge in [0, 0.05) is 18.0 Å². The van der Waals surface area contributed by atoms with Crippen LogP contribution in [0.15, 0.2) is 63.4 Å². The maximum absolute atomic E-state index is 12.4. The average molecular weight is 399 g/mol. The van der Waals surface area contributed by atoms with Crippen LogP contribution in [0.2, 0.25) is 0 Å². The summed E-state index contributed by atoms with van der Waals surface area (Å²) in [6.07, 6.45) is 3.96. The molecular formula is C20H18N2OS3. The molecule has 2 aromatic carbocycles. The molecule has 0 unspecified atom stereocenters. The fourth-order valence-corrected chi connectivity index (χ4v) is 5.80. The zero-order valence-corrected chi connectivity index (χ0v) is 17.0. The Labute approximate surface area is 167 Å². The van der Waals surface area contributed by atoms with E-state index in [-0.39, 0.29) is 5.91 Å². The van der Waals surface area contributed by atoms with Gasteiger partial charge in [0.1, 0.15) is 4.32 Å². The summed E-state index contributed by atoms with van der Waals surface area (Å²) in [5.41, 5.74) is 1.23. The first-order valence-electron chi connectivity index (χ1n) is 8.56. The summed E-state index contributed by atoms with van der Waals surface area (Å²) in [5, 5.41) is 3.66. The SMILES string of the molecule is CCN1C(=O)/C(=C\C=C2\Sc3c(ccc4ccccc34)N2CC)SC1=S. The minimum atomic E-state index is 0.00774. The van der Waals surface area contributed by atoms with Gasteiger partial charge in [-0.05, 0) is 42.8 Å². The monoisotopic (exact) mass is 398 g/mol. The van der Waals surface area contributed by atoms with E-state index in [1.807, 2.05) is 19.1 Å². The Hall–Kier alpha value is -1.76. The molecule has 1 fully saturated rings. The van der Waals surface area contributed by atoms with Crippen molar-refractivity contribution in [3.8, 4) is 0 Å². The van der Waals surface area contributed by atoms with Gasteiger partial charge in [-0.2, -0.15) is 0 Å². The first-order chi connectivity index (χ1) is 12.6. The maximum atomic E-state index is 12.4. The fraction of sp³-hybridized carbons (Fsp3) is 0.200. The van der Waals surface area contributed by atoms with Crippen molar-refractivity contribution < 1.29 is 4.79 Å². The van der Waals surface area contributed by atoms with Crippen LogP contribution < -0.4 is 4.90 Å². The minimum absolute atomic E-state index is 0.00774. The minimum Gasteiger partial charge on any atom is -0.335 e. The molecule has 0 spiro atoms. The molecule has 0 saturated carbocycles. The lowest BCUT2D eigenvalue weighted by molar-refractivity contribution is -0.122. The Kier molecular flexibility index (Phi) is 4.82. The number of rotatable bonds is 3. The largest absolute Gasteiger partial charge is 0.335 e. The molecule has 2 heterocycles. The summed E-state index contributed by atoms with van der Waals surface area (Å²) in [6, 6.07) is 12.8. The van der Waals surface area contributed by atoms with Crippen molar-refractivity contribution >= 4 is 62.4 Å². The summed E-state index contributed by atoms with van der Waals surface area (Å²) in [7, 11) is 0. The highest BCUT2D eigenvalue weighted by molar-refractivity contribution is 8.26. The smallest absolute Gasteiger partial charge is 0.266 e. The molecule has 0 aliphatic carbocycles. The van der Waals surface area contributed by atoms with Gasteiger partial charge in [0.2, 0.25) is 0 Å². The number of benzene rings is 2. The summed E-state index contributed by atoms with van der Waals surface area (Å²) in [5.74, 6) is 0.00774. The van der Waals surface area contributed by atoms with Crippen molar-refractivity contribution in [2.45, 2.75) is 18.7 Å². The average Bonchev–Trinajstić information content (AvgIpc) is 3.16. The molecule has 1 amide bonds. The summed E-state index contributed by atoms with van der Waals surface area (Å²) < 4.78 is 0.642. The number of thiocarbonyl (C=S) groups is 1. The topological polar surface area (TPSA) is 23.6 Å². The number of amides is 1. The molecule has 0 radical (unpaired) electrons. The lowest BCUT2D eigenvalue weighted by Crippen LogP contribution is -2.27. The van der Waals surface area contributed by atoms with Gasteiger partial charge in [-0.15, -0.1) is 0 Å². The number of hydrogen-bond acceptors (Lipinski definition) is 5. The quantitative estimate of drug-likeness (QED) is 0.510. The van der Waals surface area contributed by atoms with Crippen molar-refractivity contribution in [3.05, 3.63) is 58.5 Å². The number of nitrogens with zero attached hydrogens (tertiary/aromatic N) is 2. The first-order valence-corrected chi connectivity index (χ1v) is 10.6. The third-order valence-electron chi connectivity index (χ3n) is 4.51. The Morgan fingerprint density at radius 3 is 2.50 bits per heavy atom. The van der Waals surface area contributed by atoms with Gasteiger partial charge < -0.3 is 4.90 Å². The second-order valence-electron chi connectivity index (χ2n) is 5.93. The molecule has 1 saturated heterocycles. The molecule has 2 aromatic rings. The predicted molar refractivity (Wildman–Crippen MR) is 117 cm³/mol. The second-order valence-corrected chi connectivity index (χ2v) is 8.64. The van der Waals surface area contributed by atoms with Crippen LogP contribution in [0.4, 0.5) is 5.69 Å². The fourth-order valence-electron chi connectivity index (χ4n) is 3.21. The Morgan fingerprint density at radius 2 is 1.77 bits per heavy atom. The first kappa shape index (κ1) is 17.6. The van der Waals surface area contributed by atoms with Gasteiger partial charge in [-0.25, -0.2) is 0 Å². The van der Waals surface area contributed by atoms with Gasteiger partial charge in [0.15, 0.2) is 0 Å². The van der Waals surface area contributed by atoms with Crippen LogP contribution in [-0.4, -0.2) is 28.2 Å². The highest BCUT2D eigenvalue weighted by Crippen LogP contribution is 2.49. The van der Waals surface area contributed by atoms with Crippen LogP contribution >= 0.6 is 35.7 Å². The molecule has 132 valence electrons. The third kappa shape index (κ3) is 2.86. The summed E-state index contributed by atoms with van der Waals surface area (Å²) in [4.78, 5) is 18.3. The van der Waals surface area contributed by atoms with Crippen molar-refractivity contribution in [1.29, 1.82) is 0 Å². The lowest BCUT2D eigenvalue weighted by atomic mass is 10.1. The van der Waals surface area contributed by atoms with Gasteiger partial charge in [-0.3, -0.25) is 9.69 Å². The lowest BCUT2D eigenvalue weighted by Gasteiger charge is -2.17. The summed E-state index contributed by atoms with van der Waals surface area (Å²) in [6.45, 7) is 5.59. The molecule has 0 bridgehead atoms. The van der Waals surface area contributed by atoms with Gasteiger partial charge in [0.25, 0.3) is 5.91 Å². The summed E-state index contributed by atoms with van der Waals surface area (Å²) >= 11 is 8.44. The molecule has 4 rings (SSSR count). The van der Waals surface area contributed by atoms with Crippen molar-refractivity contribution in [1.82, 2.24) is 4.90 Å². The van der Waals surface area contributed by atoms with Crippen molar-refractivity contribution in [2.75, 3.05) is 18.0 Å². The predicted octanol–water partition coefficient (Wildman–Crippen LogP) is 5.38. The molecule has 2 aliphatic heterocycles. The highest BCUT2D eigenvalue weighted by Gasteiger charge is 2.31. The number of hydrogen-bond donors (Lipinski definition) is 0. The van der Waals surface area contributed by atoms with E-state index >= 15 is 0 Å². The Morgan fingerprint density at radius 1 is 1.00 bits per heavy atom. The van der Waals surface area contributed by atoms with Crippen LogP contribution in [0.5, 0.6) is 0 Å². The van der Waals surface area contributed by atoms with E-state index < -0.39 is 0 Å². The molecule has 0 N–H and O–H groups in total. The van der Waals surface area contributed by atoms with Crippen LogP contribution in [-0.2, 0) is 4.79 Å². The van der Waals surface area contributed by atoms with E-state index in [4.69, 9.17) is 12.2 Å². The maximum Gasteiger partial charge on any atom is 0.266 e. The molecule has 2 aliphatic rings. The second kappa shape index (κ2) is 7.10. The van der Waals surface area contributed by atoms with E-state index in [9.17, 15) is 4.79 Å². The van der Waals surface area contributed by atoms with Crippen LogP contribution in [0.25, 0.3) is 10.8 Å². The molecule has 0 aromatic heterocycles. The van der Waals surface area contributed by atoms with Crippen LogP contribution in [0, 0.1) is 0 Å². The zero-order chi connectivity index (χ0) is 18.3. The van der Waals surface area contributed by atoms with E-state index in [2.05, 4.69) is 48.2 Å². The molecule has 26 heavy (non-hydrogen) atoms. The number of anilines is 1. The Bertz CT molecular complexity index is 980. The molecule has 0 atom stereocenters. The van der Waals surface area contributed by atoms with Gasteiger partial charge in [-0.1, -0.05) is 66.1 Å². The number of carbonyl (C=O) groups is 1. The van der Waals surface area contributed by atoms with E-state index in [1.54, 1.807) is 16.7 Å². The number of fused-ring (bicyclic) bond motifs is 3. The van der Waals surface area contributed by atoms with E-state index in [0.717, 1.165) is 11.6 Å². The molecule has 6 heteroatoms. The normalized spacial score (nSPS) is 20.1. The van der Waals surface area contributed by atoms with Gasteiger partial charge in [0.05, 0.1) is 15.6 Å². The molecule has 3 nitrogen and oxygen atoms in total. The number of thioether (sulfide) groups is 2. The van der Waals surface area contributed by atoms with Crippen molar-refractivity contribution in [2.24, 2.45) is 0 Å². The standard InChI is InChI=1S/C20H18N2OS3/c1-3-21-15-10-9-13-7-5-6-8-14(13)18(15)26-17(21)12-11-16-19(23)22(4-2)20(24)25-16/h5-12H,3-4H2,1-2H3/b16-11+,17-12+. The van der Waals surface area contributed by atoms with Crippen LogP contribution in [0.1, 0.15) is 13.8 Å². The highest BCUT2D eigenvalue weighted by atomic mass is 32.2. The zero-order valence-electron chi connectivity index (χ0n) is 14.6.